The van der Waals surface area contributed by atoms with Crippen LogP contribution in [0.2, 0.25) is 0 Å². The van der Waals surface area contributed by atoms with E-state index in [-0.39, 0.29) is 18.6 Å². The second kappa shape index (κ2) is 7.57. The minimum Gasteiger partial charge on any atom is -0.336 e. The summed E-state index contributed by atoms with van der Waals surface area (Å²) < 4.78 is 27.5. The summed E-state index contributed by atoms with van der Waals surface area (Å²) in [5.41, 5.74) is 2.87. The van der Waals surface area contributed by atoms with Crippen LogP contribution >= 0.6 is 11.3 Å². The predicted molar refractivity (Wildman–Crippen MR) is 107 cm³/mol. The molecule has 27 heavy (non-hydrogen) atoms. The summed E-state index contributed by atoms with van der Waals surface area (Å²) >= 11 is 1.32. The molecule has 1 aliphatic rings. The van der Waals surface area contributed by atoms with Crippen molar-refractivity contribution >= 4 is 32.5 Å². The van der Waals surface area contributed by atoms with Gasteiger partial charge in [0.15, 0.2) is 5.13 Å². The Morgan fingerprint density at radius 3 is 2.67 bits per heavy atom. The van der Waals surface area contributed by atoms with Gasteiger partial charge in [0.2, 0.25) is 10.0 Å². The van der Waals surface area contributed by atoms with Crippen molar-refractivity contribution in [1.82, 2.24) is 14.6 Å². The Hall–Kier alpha value is -1.97. The van der Waals surface area contributed by atoms with Gasteiger partial charge >= 0.3 is 6.03 Å². The van der Waals surface area contributed by atoms with Gasteiger partial charge in [-0.15, -0.1) is 0 Å². The van der Waals surface area contributed by atoms with Crippen LogP contribution in [0.4, 0.5) is 9.93 Å². The number of hydrogen-bond acceptors (Lipinski definition) is 5. The third-order valence-electron chi connectivity index (χ3n) is 4.45. The first-order valence-corrected chi connectivity index (χ1v) is 11.1. The molecule has 1 aliphatic heterocycles. The Morgan fingerprint density at radius 1 is 1.26 bits per heavy atom. The van der Waals surface area contributed by atoms with E-state index in [2.05, 4.69) is 15.6 Å². The standard InChI is InChI=1S/C18H24N4O3S2/c1-11(2)19-17(23)21-18-20-15-7-8-22(10-16(15)26-18)27(24,25)14-6-5-12(3)13(4)9-14/h5-6,9,11H,7-8,10H2,1-4H3,(H2,19,20,21,23). The van der Waals surface area contributed by atoms with Crippen molar-refractivity contribution in [3.05, 3.63) is 39.9 Å². The number of anilines is 1. The summed E-state index contributed by atoms with van der Waals surface area (Å²) in [6.45, 7) is 8.27. The summed E-state index contributed by atoms with van der Waals surface area (Å²) in [5.74, 6) is 0. The van der Waals surface area contributed by atoms with Crippen molar-refractivity contribution in [1.29, 1.82) is 0 Å². The van der Waals surface area contributed by atoms with E-state index < -0.39 is 10.0 Å². The number of carbonyl (C=O) groups is 1. The molecule has 0 atom stereocenters. The quantitative estimate of drug-likeness (QED) is 0.813. The van der Waals surface area contributed by atoms with E-state index in [1.54, 1.807) is 12.1 Å². The van der Waals surface area contributed by atoms with Crippen LogP contribution in [0.5, 0.6) is 0 Å². The fourth-order valence-electron chi connectivity index (χ4n) is 2.85. The van der Waals surface area contributed by atoms with Crippen molar-refractivity contribution in [2.45, 2.75) is 51.6 Å². The number of aromatic nitrogens is 1. The molecule has 9 heteroatoms. The van der Waals surface area contributed by atoms with Crippen LogP contribution in [0.3, 0.4) is 0 Å². The highest BCUT2D eigenvalue weighted by Crippen LogP contribution is 2.31. The highest BCUT2D eigenvalue weighted by Gasteiger charge is 2.30. The lowest BCUT2D eigenvalue weighted by Gasteiger charge is -2.25. The minimum atomic E-state index is -3.56. The molecule has 0 saturated carbocycles. The molecule has 2 heterocycles. The number of fused-ring (bicyclic) bond motifs is 1. The molecule has 0 aliphatic carbocycles. The van der Waals surface area contributed by atoms with Crippen molar-refractivity contribution < 1.29 is 13.2 Å². The molecule has 1 aromatic heterocycles. The second-order valence-corrected chi connectivity index (χ2v) is 10.00. The first-order chi connectivity index (χ1) is 12.7. The van der Waals surface area contributed by atoms with Gasteiger partial charge in [0, 0.05) is 23.9 Å². The molecule has 0 saturated heterocycles. The van der Waals surface area contributed by atoms with Crippen molar-refractivity contribution in [2.24, 2.45) is 0 Å². The number of rotatable bonds is 4. The van der Waals surface area contributed by atoms with Gasteiger partial charge < -0.3 is 5.32 Å². The van der Waals surface area contributed by atoms with Gasteiger partial charge in [-0.3, -0.25) is 5.32 Å². The van der Waals surface area contributed by atoms with Gasteiger partial charge in [0.05, 0.1) is 17.1 Å². The van der Waals surface area contributed by atoms with Gasteiger partial charge in [0.1, 0.15) is 0 Å². The van der Waals surface area contributed by atoms with E-state index in [0.717, 1.165) is 21.7 Å². The van der Waals surface area contributed by atoms with Gasteiger partial charge in [-0.2, -0.15) is 4.31 Å². The zero-order chi connectivity index (χ0) is 19.8. The third kappa shape index (κ3) is 4.31. The Morgan fingerprint density at radius 2 is 2.00 bits per heavy atom. The summed E-state index contributed by atoms with van der Waals surface area (Å²) in [5, 5.41) is 5.95. The van der Waals surface area contributed by atoms with E-state index in [0.29, 0.717) is 23.0 Å². The first kappa shape index (κ1) is 19.8. The maximum absolute atomic E-state index is 13.0. The van der Waals surface area contributed by atoms with Crippen LogP contribution < -0.4 is 10.6 Å². The molecule has 0 fully saturated rings. The average Bonchev–Trinajstić information content (AvgIpc) is 2.97. The Kier molecular flexibility index (Phi) is 5.55. The Bertz CT molecular complexity index is 967. The topological polar surface area (TPSA) is 91.4 Å². The molecule has 0 unspecified atom stereocenters. The van der Waals surface area contributed by atoms with Crippen LogP contribution in [0, 0.1) is 13.8 Å². The molecule has 2 amide bonds. The van der Waals surface area contributed by atoms with E-state index in [1.165, 1.54) is 15.6 Å². The maximum Gasteiger partial charge on any atom is 0.321 e. The van der Waals surface area contributed by atoms with E-state index in [1.807, 2.05) is 33.8 Å². The Balaban J connectivity index is 1.77. The zero-order valence-electron chi connectivity index (χ0n) is 15.9. The molecule has 2 N–H and O–H groups in total. The molecular weight excluding hydrogens is 384 g/mol. The van der Waals surface area contributed by atoms with E-state index in [4.69, 9.17) is 0 Å². The van der Waals surface area contributed by atoms with Gasteiger partial charge in [-0.1, -0.05) is 17.4 Å². The minimum absolute atomic E-state index is 0.0261. The van der Waals surface area contributed by atoms with Crippen LogP contribution in [0.1, 0.15) is 35.5 Å². The van der Waals surface area contributed by atoms with Crippen LogP contribution in [-0.4, -0.2) is 36.3 Å². The van der Waals surface area contributed by atoms with Crippen LogP contribution in [0.15, 0.2) is 23.1 Å². The molecular formula is C18H24N4O3S2. The Labute approximate surface area is 163 Å². The number of benzene rings is 1. The smallest absolute Gasteiger partial charge is 0.321 e. The first-order valence-electron chi connectivity index (χ1n) is 8.80. The fraction of sp³-hybridized carbons (Fsp3) is 0.444. The number of nitrogens with zero attached hydrogens (tertiary/aromatic N) is 2. The normalized spacial score (nSPS) is 14.9. The second-order valence-electron chi connectivity index (χ2n) is 6.98. The number of nitrogens with one attached hydrogen (secondary N) is 2. The molecule has 7 nitrogen and oxygen atoms in total. The van der Waals surface area contributed by atoms with Gasteiger partial charge in [0.25, 0.3) is 0 Å². The number of hydrogen-bond donors (Lipinski definition) is 2. The number of amides is 2. The number of urea groups is 1. The number of carbonyl (C=O) groups excluding carboxylic acids is 1. The molecule has 146 valence electrons. The SMILES string of the molecule is Cc1ccc(S(=O)(=O)N2CCc3nc(NC(=O)NC(C)C)sc3C2)cc1C. The predicted octanol–water partition coefficient (Wildman–Crippen LogP) is 3.04. The number of sulfonamides is 1. The van der Waals surface area contributed by atoms with Crippen molar-refractivity contribution in [2.75, 3.05) is 11.9 Å². The lowest BCUT2D eigenvalue weighted by molar-refractivity contribution is 0.250. The molecule has 0 radical (unpaired) electrons. The summed E-state index contributed by atoms with van der Waals surface area (Å²) in [4.78, 5) is 17.5. The average molecular weight is 409 g/mol. The number of aryl methyl sites for hydroxylation is 2. The van der Waals surface area contributed by atoms with Gasteiger partial charge in [-0.25, -0.2) is 18.2 Å². The molecule has 3 rings (SSSR count). The van der Waals surface area contributed by atoms with Gasteiger partial charge in [-0.05, 0) is 51.0 Å². The van der Waals surface area contributed by atoms with Crippen LogP contribution in [0.25, 0.3) is 0 Å². The summed E-state index contributed by atoms with van der Waals surface area (Å²) in [7, 11) is -3.56. The molecule has 1 aromatic carbocycles. The van der Waals surface area contributed by atoms with Crippen LogP contribution in [-0.2, 0) is 23.0 Å². The third-order valence-corrected chi connectivity index (χ3v) is 7.29. The summed E-state index contributed by atoms with van der Waals surface area (Å²) in [6, 6.07) is 4.92. The molecule has 0 bridgehead atoms. The molecule has 2 aromatic rings. The van der Waals surface area contributed by atoms with Crippen molar-refractivity contribution in [3.8, 4) is 0 Å². The molecule has 0 spiro atoms. The lowest BCUT2D eigenvalue weighted by atomic mass is 10.1. The number of thiazole rings is 1. The fourth-order valence-corrected chi connectivity index (χ4v) is 5.44. The van der Waals surface area contributed by atoms with E-state index in [9.17, 15) is 13.2 Å². The van der Waals surface area contributed by atoms with Crippen molar-refractivity contribution in [3.63, 3.8) is 0 Å². The lowest BCUT2D eigenvalue weighted by Crippen LogP contribution is -2.35. The highest BCUT2D eigenvalue weighted by atomic mass is 32.2. The largest absolute Gasteiger partial charge is 0.336 e. The maximum atomic E-state index is 13.0. The summed E-state index contributed by atoms with van der Waals surface area (Å²) in [6.07, 6.45) is 0.531. The zero-order valence-corrected chi connectivity index (χ0v) is 17.5. The monoisotopic (exact) mass is 408 g/mol. The highest BCUT2D eigenvalue weighted by molar-refractivity contribution is 7.89. The van der Waals surface area contributed by atoms with E-state index >= 15 is 0 Å².